The fraction of sp³-hybridized carbons (Fsp3) is 0.167. The maximum absolute atomic E-state index is 9.66. The summed E-state index contributed by atoms with van der Waals surface area (Å²) < 4.78 is 2.11. The van der Waals surface area contributed by atoms with E-state index in [1.807, 2.05) is 83.2 Å². The molecule has 0 spiro atoms. The van der Waals surface area contributed by atoms with Gasteiger partial charge in [-0.15, -0.1) is 0 Å². The van der Waals surface area contributed by atoms with Crippen molar-refractivity contribution >= 4 is 23.1 Å². The summed E-state index contributed by atoms with van der Waals surface area (Å²) in [6, 6.07) is 14.0. The van der Waals surface area contributed by atoms with Gasteiger partial charge in [-0.25, -0.2) is 29.9 Å². The van der Waals surface area contributed by atoms with Gasteiger partial charge in [0.05, 0.1) is 28.5 Å². The molecule has 186 valence electrons. The molecule has 0 aliphatic heterocycles. The van der Waals surface area contributed by atoms with Crippen LogP contribution in [0.15, 0.2) is 49.1 Å². The first kappa shape index (κ1) is 24.7. The Kier molecular flexibility index (Phi) is 6.35. The molecule has 0 radical (unpaired) electrons. The summed E-state index contributed by atoms with van der Waals surface area (Å²) in [6.07, 6.45) is 5.89. The predicted molar refractivity (Wildman–Crippen MR) is 149 cm³/mol. The lowest BCUT2D eigenvalue weighted by Crippen LogP contribution is -2.05. The van der Waals surface area contributed by atoms with Crippen LogP contribution in [-0.4, -0.2) is 34.5 Å². The Morgan fingerprint density at radius 3 is 2.03 bits per heavy atom. The molecule has 0 amide bonds. The second kappa shape index (κ2) is 9.79. The first-order valence-corrected chi connectivity index (χ1v) is 12.2. The number of fused-ring (bicyclic) bond motifs is 1. The molecule has 0 N–H and O–H groups in total. The molecule has 8 nitrogen and oxygen atoms in total. The summed E-state index contributed by atoms with van der Waals surface area (Å²) in [6.45, 7) is 13.5. The number of hydrogen-bond acceptors (Lipinski definition) is 7. The smallest absolute Gasteiger partial charge is 0.165 e. The molecule has 8 heteroatoms. The third-order valence-corrected chi connectivity index (χ3v) is 6.16. The maximum Gasteiger partial charge on any atom is 0.165 e. The summed E-state index contributed by atoms with van der Waals surface area (Å²) in [5.74, 6) is 3.66. The first-order valence-electron chi connectivity index (χ1n) is 12.2. The largest absolute Gasteiger partial charge is 0.308 e. The van der Waals surface area contributed by atoms with Crippen LogP contribution in [-0.2, 0) is 0 Å². The van der Waals surface area contributed by atoms with Gasteiger partial charge in [-0.2, -0.15) is 5.26 Å². The molecule has 0 saturated heterocycles. The number of allylic oxidation sites excluding steroid dienone is 1. The zero-order chi connectivity index (χ0) is 27.0. The van der Waals surface area contributed by atoms with E-state index in [9.17, 15) is 5.26 Å². The molecular weight excluding hydrogens is 472 g/mol. The molecule has 5 aromatic rings. The van der Waals surface area contributed by atoms with Gasteiger partial charge in [0.1, 0.15) is 23.3 Å². The number of rotatable bonds is 5. The summed E-state index contributed by atoms with van der Waals surface area (Å²) in [5.41, 5.74) is 5.81. The van der Waals surface area contributed by atoms with E-state index in [2.05, 4.69) is 43.2 Å². The molecular formula is C30H26N8. The van der Waals surface area contributed by atoms with E-state index in [0.29, 0.717) is 40.5 Å². The van der Waals surface area contributed by atoms with Crippen molar-refractivity contribution in [3.63, 3.8) is 0 Å². The third-order valence-electron chi connectivity index (χ3n) is 6.16. The predicted octanol–water partition coefficient (Wildman–Crippen LogP) is 6.12. The lowest BCUT2D eigenvalue weighted by atomic mass is 10.1. The van der Waals surface area contributed by atoms with E-state index in [1.165, 1.54) is 0 Å². The van der Waals surface area contributed by atoms with Crippen LogP contribution >= 0.6 is 0 Å². The molecule has 0 fully saturated rings. The molecule has 2 aromatic carbocycles. The van der Waals surface area contributed by atoms with Crippen molar-refractivity contribution in [1.82, 2.24) is 34.5 Å². The van der Waals surface area contributed by atoms with Crippen molar-refractivity contribution < 1.29 is 0 Å². The number of nitrogens with zero attached hydrogens (tertiary/aromatic N) is 8. The fourth-order valence-electron chi connectivity index (χ4n) is 4.73. The zero-order valence-electron chi connectivity index (χ0n) is 22.0. The van der Waals surface area contributed by atoms with Crippen molar-refractivity contribution in [2.45, 2.75) is 34.6 Å². The summed E-state index contributed by atoms with van der Waals surface area (Å²) in [4.78, 5) is 27.2. The van der Waals surface area contributed by atoms with Crippen molar-refractivity contribution in [2.75, 3.05) is 0 Å². The fourth-order valence-corrected chi connectivity index (χ4v) is 4.73. The van der Waals surface area contributed by atoms with Gasteiger partial charge in [0.15, 0.2) is 11.6 Å². The first-order chi connectivity index (χ1) is 18.3. The SMILES string of the molecule is C=Cc1c(/C=C\C)c2ccc(C#N)cc2n1-c1ccc(-c2nc(C)nc(C)n2)cc1-c1nc(C)nc(C)n1. The van der Waals surface area contributed by atoms with Gasteiger partial charge in [0.2, 0.25) is 0 Å². The number of nitriles is 1. The Balaban J connectivity index is 1.90. The summed E-state index contributed by atoms with van der Waals surface area (Å²) in [7, 11) is 0. The van der Waals surface area contributed by atoms with Gasteiger partial charge >= 0.3 is 0 Å². The lowest BCUT2D eigenvalue weighted by molar-refractivity contribution is 0.923. The molecule has 0 saturated carbocycles. The second-order valence-electron chi connectivity index (χ2n) is 8.92. The topological polar surface area (TPSA) is 106 Å². The van der Waals surface area contributed by atoms with Gasteiger partial charge in [-0.05, 0) is 71.0 Å². The molecule has 3 heterocycles. The number of hydrogen-bond donors (Lipinski definition) is 0. The standard InChI is InChI=1S/C30H26N8/c1-7-9-23-24-12-10-21(16-31)14-28(24)38(26(23)8-2)27-13-11-22(29-34-17(3)32-18(4)35-29)15-25(27)30-36-19(5)33-20(6)37-30/h7-15H,2H2,1,3-6H3/b9-7-. The Morgan fingerprint density at radius 1 is 0.816 bits per heavy atom. The Bertz CT molecular complexity index is 1760. The van der Waals surface area contributed by atoms with Crippen LogP contribution in [0.4, 0.5) is 0 Å². The molecule has 0 aliphatic carbocycles. The van der Waals surface area contributed by atoms with Crippen LogP contribution in [0.5, 0.6) is 0 Å². The van der Waals surface area contributed by atoms with E-state index < -0.39 is 0 Å². The van der Waals surface area contributed by atoms with E-state index in [-0.39, 0.29) is 0 Å². The summed E-state index contributed by atoms with van der Waals surface area (Å²) >= 11 is 0. The highest BCUT2D eigenvalue weighted by Gasteiger charge is 2.21. The molecule has 5 rings (SSSR count). The number of aryl methyl sites for hydroxylation is 4. The maximum atomic E-state index is 9.66. The van der Waals surface area contributed by atoms with E-state index in [4.69, 9.17) is 9.97 Å². The van der Waals surface area contributed by atoms with Crippen LogP contribution in [0, 0.1) is 39.0 Å². The Morgan fingerprint density at radius 2 is 1.45 bits per heavy atom. The average Bonchev–Trinajstić information content (AvgIpc) is 3.19. The highest BCUT2D eigenvalue weighted by atomic mass is 15.1. The van der Waals surface area contributed by atoms with Gasteiger partial charge in [-0.3, -0.25) is 0 Å². The second-order valence-corrected chi connectivity index (χ2v) is 8.92. The third kappa shape index (κ3) is 4.35. The van der Waals surface area contributed by atoms with Crippen LogP contribution in [0.3, 0.4) is 0 Å². The highest BCUT2D eigenvalue weighted by molar-refractivity contribution is 5.97. The molecule has 38 heavy (non-hydrogen) atoms. The number of aromatic nitrogens is 7. The van der Waals surface area contributed by atoms with E-state index in [1.54, 1.807) is 0 Å². The Hall–Kier alpha value is -5.03. The van der Waals surface area contributed by atoms with Crippen LogP contribution in [0.1, 0.15) is 47.0 Å². The molecule has 3 aromatic heterocycles. The monoisotopic (exact) mass is 498 g/mol. The van der Waals surface area contributed by atoms with Gasteiger partial charge in [0.25, 0.3) is 0 Å². The molecule has 0 atom stereocenters. The summed E-state index contributed by atoms with van der Waals surface area (Å²) in [5, 5.41) is 10.7. The van der Waals surface area contributed by atoms with Crippen LogP contribution < -0.4 is 0 Å². The van der Waals surface area contributed by atoms with Crippen molar-refractivity contribution in [3.8, 4) is 34.5 Å². The minimum atomic E-state index is 0.537. The highest BCUT2D eigenvalue weighted by Crippen LogP contribution is 2.37. The quantitative estimate of drug-likeness (QED) is 0.287. The normalized spacial score (nSPS) is 11.3. The van der Waals surface area contributed by atoms with Crippen LogP contribution in [0.2, 0.25) is 0 Å². The Labute approximate surface area is 221 Å². The average molecular weight is 499 g/mol. The van der Waals surface area contributed by atoms with Crippen molar-refractivity contribution in [2.24, 2.45) is 0 Å². The van der Waals surface area contributed by atoms with Gasteiger partial charge in [0, 0.05) is 22.1 Å². The molecule has 0 bridgehead atoms. The zero-order valence-corrected chi connectivity index (χ0v) is 22.0. The van der Waals surface area contributed by atoms with Crippen molar-refractivity contribution in [1.29, 1.82) is 5.26 Å². The minimum absolute atomic E-state index is 0.537. The lowest BCUT2D eigenvalue weighted by Gasteiger charge is -2.16. The number of benzene rings is 2. The van der Waals surface area contributed by atoms with Gasteiger partial charge < -0.3 is 4.57 Å². The van der Waals surface area contributed by atoms with Gasteiger partial charge in [-0.1, -0.05) is 24.8 Å². The minimum Gasteiger partial charge on any atom is -0.308 e. The van der Waals surface area contributed by atoms with Crippen LogP contribution in [0.25, 0.3) is 51.5 Å². The molecule has 0 unspecified atom stereocenters. The molecule has 0 aliphatic rings. The van der Waals surface area contributed by atoms with E-state index >= 15 is 0 Å². The van der Waals surface area contributed by atoms with Crippen molar-refractivity contribution in [3.05, 3.63) is 89.2 Å². The van der Waals surface area contributed by atoms with E-state index in [0.717, 1.165) is 39.0 Å².